The van der Waals surface area contributed by atoms with Crippen LogP contribution in [0.15, 0.2) is 47.7 Å². The van der Waals surface area contributed by atoms with Gasteiger partial charge < -0.3 is 10.6 Å². The summed E-state index contributed by atoms with van der Waals surface area (Å²) in [5.74, 6) is -0.871. The Hall–Kier alpha value is -1.98. The van der Waals surface area contributed by atoms with Crippen molar-refractivity contribution in [2.45, 2.75) is 12.8 Å². The normalized spacial score (nSPS) is 19.0. The summed E-state index contributed by atoms with van der Waals surface area (Å²) in [4.78, 5) is 14.5. The lowest BCUT2D eigenvalue weighted by molar-refractivity contribution is 0.0960. The van der Waals surface area contributed by atoms with Crippen molar-refractivity contribution in [1.29, 1.82) is 0 Å². The second-order valence-electron chi connectivity index (χ2n) is 5.98. The topological polar surface area (TPSA) is 44.4 Å². The molecule has 0 atom stereocenters. The zero-order chi connectivity index (χ0) is 16.1. The van der Waals surface area contributed by atoms with Gasteiger partial charge in [-0.1, -0.05) is 23.8 Å². The molecule has 122 valence electrons. The summed E-state index contributed by atoms with van der Waals surface area (Å²) in [5, 5.41) is 6.16. The van der Waals surface area contributed by atoms with E-state index in [0.29, 0.717) is 0 Å². The second-order valence-corrected chi connectivity index (χ2v) is 5.98. The molecule has 1 saturated heterocycles. The molecule has 0 spiro atoms. The number of allylic oxidation sites excluding steroid dienone is 3. The average Bonchev–Trinajstić information content (AvgIpc) is 2.58. The minimum absolute atomic E-state index is 0.0870. The number of nitrogens with zero attached hydrogens (tertiary/aromatic N) is 1. The molecule has 3 rings (SSSR count). The molecule has 1 aliphatic carbocycles. The van der Waals surface area contributed by atoms with E-state index < -0.39 is 5.82 Å². The van der Waals surface area contributed by atoms with Crippen molar-refractivity contribution in [3.8, 4) is 0 Å². The predicted molar refractivity (Wildman–Crippen MR) is 88.6 cm³/mol. The summed E-state index contributed by atoms with van der Waals surface area (Å²) in [7, 11) is 0. The molecule has 1 aliphatic heterocycles. The summed E-state index contributed by atoms with van der Waals surface area (Å²) < 4.78 is 13.6. The lowest BCUT2D eigenvalue weighted by atomic mass is 10.0. The zero-order valence-corrected chi connectivity index (χ0v) is 13.1. The lowest BCUT2D eigenvalue weighted by Gasteiger charge is -2.29. The number of hydrogen-bond acceptors (Lipinski definition) is 3. The Morgan fingerprint density at radius 3 is 2.65 bits per heavy atom. The quantitative estimate of drug-likeness (QED) is 0.894. The van der Waals surface area contributed by atoms with Crippen LogP contribution in [0.3, 0.4) is 0 Å². The van der Waals surface area contributed by atoms with Crippen LogP contribution in [0.2, 0.25) is 0 Å². The summed E-state index contributed by atoms with van der Waals surface area (Å²) >= 11 is 0. The highest BCUT2D eigenvalue weighted by Crippen LogP contribution is 2.18. The molecule has 4 nitrogen and oxygen atoms in total. The lowest BCUT2D eigenvalue weighted by Crippen LogP contribution is -2.44. The van der Waals surface area contributed by atoms with E-state index in [1.54, 1.807) is 12.1 Å². The Bertz CT molecular complexity index is 633. The van der Waals surface area contributed by atoms with Crippen molar-refractivity contribution in [2.24, 2.45) is 0 Å². The first-order valence-corrected chi connectivity index (χ1v) is 8.10. The molecule has 1 amide bonds. The van der Waals surface area contributed by atoms with Gasteiger partial charge in [-0.2, -0.15) is 0 Å². The molecule has 1 aromatic carbocycles. The van der Waals surface area contributed by atoms with Crippen LogP contribution in [-0.2, 0) is 0 Å². The largest absolute Gasteiger partial charge is 0.326 e. The minimum atomic E-state index is -0.489. The molecule has 1 aromatic rings. The molecule has 1 fully saturated rings. The summed E-state index contributed by atoms with van der Waals surface area (Å²) in [6, 6.07) is 6.05. The molecule has 1 heterocycles. The fraction of sp³-hybridized carbons (Fsp3) is 0.389. The van der Waals surface area contributed by atoms with Gasteiger partial charge in [0, 0.05) is 38.4 Å². The third-order valence-corrected chi connectivity index (χ3v) is 4.26. The first-order chi connectivity index (χ1) is 11.2. The van der Waals surface area contributed by atoms with Gasteiger partial charge in [0.05, 0.1) is 5.56 Å². The highest BCUT2D eigenvalue weighted by Gasteiger charge is 2.16. The fourth-order valence-electron chi connectivity index (χ4n) is 2.93. The summed E-state index contributed by atoms with van der Waals surface area (Å²) in [6.45, 7) is 5.25. The molecule has 0 aromatic heterocycles. The number of rotatable bonds is 4. The Balaban J connectivity index is 1.57. The smallest absolute Gasteiger partial charge is 0.258 e. The average molecular weight is 315 g/mol. The van der Waals surface area contributed by atoms with Gasteiger partial charge in [-0.05, 0) is 31.1 Å². The van der Waals surface area contributed by atoms with Crippen LogP contribution >= 0.6 is 0 Å². The third-order valence-electron chi connectivity index (χ3n) is 4.26. The van der Waals surface area contributed by atoms with E-state index >= 15 is 0 Å². The molecule has 0 saturated carbocycles. The van der Waals surface area contributed by atoms with E-state index in [4.69, 9.17) is 0 Å². The fourth-order valence-corrected chi connectivity index (χ4v) is 2.93. The summed E-state index contributed by atoms with van der Waals surface area (Å²) in [5.41, 5.74) is 2.32. The van der Waals surface area contributed by atoms with Crippen molar-refractivity contribution in [3.05, 3.63) is 59.1 Å². The van der Waals surface area contributed by atoms with Crippen molar-refractivity contribution in [3.63, 3.8) is 0 Å². The van der Waals surface area contributed by atoms with Crippen LogP contribution in [0.25, 0.3) is 0 Å². The van der Waals surface area contributed by atoms with Gasteiger partial charge in [-0.15, -0.1) is 0 Å². The zero-order valence-electron chi connectivity index (χ0n) is 13.1. The van der Waals surface area contributed by atoms with Gasteiger partial charge >= 0.3 is 0 Å². The molecule has 0 unspecified atom stereocenters. The van der Waals surface area contributed by atoms with Crippen molar-refractivity contribution < 1.29 is 9.18 Å². The van der Waals surface area contributed by atoms with Crippen LogP contribution < -0.4 is 10.6 Å². The Labute approximate surface area is 136 Å². The Morgan fingerprint density at radius 2 is 1.96 bits per heavy atom. The predicted octanol–water partition coefficient (Wildman–Crippen LogP) is 2.06. The summed E-state index contributed by atoms with van der Waals surface area (Å²) in [6.07, 6.45) is 5.76. The van der Waals surface area contributed by atoms with Crippen LogP contribution in [0.5, 0.6) is 0 Å². The number of carbonyl (C=O) groups is 1. The SMILES string of the molecule is O=C(NC1=CC=C(CN2CCNCC2)CC1)c1ccccc1F. The van der Waals surface area contributed by atoms with Gasteiger partial charge in [0.1, 0.15) is 5.82 Å². The maximum atomic E-state index is 13.6. The maximum Gasteiger partial charge on any atom is 0.258 e. The highest BCUT2D eigenvalue weighted by molar-refractivity contribution is 5.95. The molecular weight excluding hydrogens is 293 g/mol. The van der Waals surface area contributed by atoms with Crippen molar-refractivity contribution >= 4 is 5.91 Å². The van der Waals surface area contributed by atoms with E-state index in [9.17, 15) is 9.18 Å². The van der Waals surface area contributed by atoms with Crippen LogP contribution in [-0.4, -0.2) is 43.5 Å². The van der Waals surface area contributed by atoms with Crippen molar-refractivity contribution in [2.75, 3.05) is 32.7 Å². The number of hydrogen-bond donors (Lipinski definition) is 2. The second kappa shape index (κ2) is 7.53. The monoisotopic (exact) mass is 315 g/mol. The molecule has 2 aliphatic rings. The molecule has 23 heavy (non-hydrogen) atoms. The first-order valence-electron chi connectivity index (χ1n) is 8.10. The molecular formula is C18H22FN3O. The van der Waals surface area contributed by atoms with E-state index in [1.165, 1.54) is 17.7 Å². The number of carbonyl (C=O) groups excluding carboxylic acids is 1. The van der Waals surface area contributed by atoms with E-state index in [0.717, 1.165) is 51.3 Å². The maximum absolute atomic E-state index is 13.6. The number of amides is 1. The molecule has 0 radical (unpaired) electrons. The first kappa shape index (κ1) is 15.9. The molecule has 0 bridgehead atoms. The van der Waals surface area contributed by atoms with Gasteiger partial charge in [-0.3, -0.25) is 9.69 Å². The van der Waals surface area contributed by atoms with Crippen LogP contribution in [0.1, 0.15) is 23.2 Å². The van der Waals surface area contributed by atoms with Gasteiger partial charge in [0.2, 0.25) is 0 Å². The molecule has 5 heteroatoms. The van der Waals surface area contributed by atoms with Crippen LogP contribution in [0, 0.1) is 5.82 Å². The van der Waals surface area contributed by atoms with E-state index in [2.05, 4.69) is 21.6 Å². The molecule has 2 N–H and O–H groups in total. The van der Waals surface area contributed by atoms with Crippen molar-refractivity contribution in [1.82, 2.24) is 15.5 Å². The Morgan fingerprint density at radius 1 is 1.17 bits per heavy atom. The highest BCUT2D eigenvalue weighted by atomic mass is 19.1. The van der Waals surface area contributed by atoms with E-state index in [1.807, 2.05) is 6.08 Å². The van der Waals surface area contributed by atoms with Gasteiger partial charge in [0.25, 0.3) is 5.91 Å². The number of piperazine rings is 1. The third kappa shape index (κ3) is 4.27. The minimum Gasteiger partial charge on any atom is -0.326 e. The standard InChI is InChI=1S/C18H22FN3O/c19-17-4-2-1-3-16(17)18(23)21-15-7-5-14(6-8-15)13-22-11-9-20-10-12-22/h1-5,7,20H,6,8-13H2,(H,21,23). The van der Waals surface area contributed by atoms with Gasteiger partial charge in [0.15, 0.2) is 0 Å². The van der Waals surface area contributed by atoms with Gasteiger partial charge in [-0.25, -0.2) is 4.39 Å². The number of benzene rings is 1. The Kier molecular flexibility index (Phi) is 5.20. The van der Waals surface area contributed by atoms with Crippen LogP contribution in [0.4, 0.5) is 4.39 Å². The number of nitrogens with one attached hydrogen (secondary N) is 2. The van der Waals surface area contributed by atoms with E-state index in [-0.39, 0.29) is 11.5 Å². The number of halogens is 1.